The molecule has 5 heterocycles. The van der Waals surface area contributed by atoms with E-state index in [2.05, 4.69) is 20.6 Å². The number of primary sulfonamides is 1. The lowest BCUT2D eigenvalue weighted by Crippen LogP contribution is -2.46. The highest BCUT2D eigenvalue weighted by molar-refractivity contribution is 7.89. The van der Waals surface area contributed by atoms with Crippen LogP contribution in [-0.4, -0.2) is 66.3 Å². The average molecular weight is 648 g/mol. The van der Waals surface area contributed by atoms with E-state index in [9.17, 15) is 22.8 Å². The van der Waals surface area contributed by atoms with E-state index in [4.69, 9.17) is 19.3 Å². The predicted octanol–water partition coefficient (Wildman–Crippen LogP) is 2.10. The van der Waals surface area contributed by atoms with E-state index >= 15 is 0 Å². The highest BCUT2D eigenvalue weighted by Gasteiger charge is 2.46. The van der Waals surface area contributed by atoms with E-state index in [-0.39, 0.29) is 52.9 Å². The number of hydrogen-bond donors (Lipinski definition) is 3. The minimum atomic E-state index is -3.83. The number of aromatic nitrogens is 3. The Morgan fingerprint density at radius 2 is 1.80 bits per heavy atom. The zero-order chi connectivity index (χ0) is 32.0. The normalized spacial score (nSPS) is 20.8. The third kappa shape index (κ3) is 5.84. The Hall–Kier alpha value is -5.06. The second-order valence-corrected chi connectivity index (χ2v) is 12.7. The molecule has 15 nitrogen and oxygen atoms in total. The summed E-state index contributed by atoms with van der Waals surface area (Å²) < 4.78 is 41.5. The molecule has 2 aliphatic heterocycles. The number of nitrogens with one attached hydrogen (secondary N) is 2. The summed E-state index contributed by atoms with van der Waals surface area (Å²) in [4.78, 5) is 48.0. The molecule has 0 bridgehead atoms. The number of pyridine rings is 3. The summed E-state index contributed by atoms with van der Waals surface area (Å²) >= 11 is 0. The van der Waals surface area contributed by atoms with Crippen molar-refractivity contribution in [2.45, 2.75) is 48.9 Å². The number of anilines is 2. The Kier molecular flexibility index (Phi) is 7.54. The fourth-order valence-corrected chi connectivity index (χ4v) is 6.52. The van der Waals surface area contributed by atoms with Gasteiger partial charge in [-0.1, -0.05) is 0 Å². The van der Waals surface area contributed by atoms with Gasteiger partial charge in [-0.15, -0.1) is 0 Å². The van der Waals surface area contributed by atoms with Crippen LogP contribution in [-0.2, 0) is 26.1 Å². The zero-order valence-corrected chi connectivity index (χ0v) is 25.1. The van der Waals surface area contributed by atoms with Crippen LogP contribution in [0, 0.1) is 0 Å². The maximum atomic E-state index is 12.9. The largest absolute Gasteiger partial charge is 0.480 e. The first kappa shape index (κ1) is 29.6. The molecule has 1 saturated carbocycles. The van der Waals surface area contributed by atoms with Gasteiger partial charge in [0.05, 0.1) is 10.9 Å². The van der Waals surface area contributed by atoms with Gasteiger partial charge in [0.15, 0.2) is 18.2 Å². The molecule has 7 rings (SSSR count). The molecule has 0 spiro atoms. The maximum absolute atomic E-state index is 12.9. The molecule has 2 fully saturated rings. The van der Waals surface area contributed by atoms with E-state index in [1.54, 1.807) is 34.9 Å². The summed E-state index contributed by atoms with van der Waals surface area (Å²) in [7, 11) is -3.83. The number of sulfonamides is 1. The Bertz CT molecular complexity index is 2020. The topological polar surface area (TPSA) is 197 Å². The molecule has 0 radical (unpaired) electrons. The van der Waals surface area contributed by atoms with Crippen molar-refractivity contribution in [2.75, 3.05) is 23.4 Å². The number of fused-ring (bicyclic) bond motifs is 3. The smallest absolute Gasteiger partial charge is 0.416 e. The predicted molar refractivity (Wildman–Crippen MR) is 164 cm³/mol. The maximum Gasteiger partial charge on any atom is 0.416 e. The number of benzene rings is 1. The molecule has 1 aliphatic carbocycles. The average Bonchev–Trinajstić information content (AvgIpc) is 3.36. The van der Waals surface area contributed by atoms with Gasteiger partial charge in [0.1, 0.15) is 23.3 Å². The van der Waals surface area contributed by atoms with E-state index < -0.39 is 16.1 Å². The number of hydrogen-bond acceptors (Lipinski definition) is 11. The molecule has 4 N–H and O–H groups in total. The van der Waals surface area contributed by atoms with Crippen molar-refractivity contribution in [2.24, 2.45) is 5.14 Å². The Labute approximate surface area is 262 Å². The van der Waals surface area contributed by atoms with Gasteiger partial charge in [-0.3, -0.25) is 19.1 Å². The van der Waals surface area contributed by atoms with Crippen LogP contribution in [0.15, 0.2) is 70.4 Å². The molecular weight excluding hydrogens is 618 g/mol. The number of carbonyl (C=O) groups excluding carboxylic acids is 2. The first-order chi connectivity index (χ1) is 22.1. The lowest BCUT2D eigenvalue weighted by Gasteiger charge is -2.33. The molecule has 0 unspecified atom stereocenters. The quantitative estimate of drug-likeness (QED) is 0.253. The third-order valence-corrected chi connectivity index (χ3v) is 9.12. The summed E-state index contributed by atoms with van der Waals surface area (Å²) in [5.74, 6) is 1.39. The van der Waals surface area contributed by atoms with Crippen LogP contribution in [0.4, 0.5) is 16.4 Å². The summed E-state index contributed by atoms with van der Waals surface area (Å²) in [6.07, 6.45) is 1.19. The van der Waals surface area contributed by atoms with Gasteiger partial charge in [-0.25, -0.2) is 23.3 Å². The molecule has 3 atom stereocenters. The van der Waals surface area contributed by atoms with Crippen LogP contribution in [0.5, 0.6) is 17.4 Å². The highest BCUT2D eigenvalue weighted by Crippen LogP contribution is 2.37. The molecule has 238 valence electrons. The number of nitrogens with zero attached hydrogens (tertiary/aromatic N) is 4. The summed E-state index contributed by atoms with van der Waals surface area (Å²) in [6.45, 7) is 0.716. The van der Waals surface area contributed by atoms with E-state index in [0.29, 0.717) is 48.9 Å². The first-order valence-corrected chi connectivity index (χ1v) is 16.2. The van der Waals surface area contributed by atoms with Crippen molar-refractivity contribution in [1.29, 1.82) is 0 Å². The van der Waals surface area contributed by atoms with Crippen LogP contribution in [0.3, 0.4) is 0 Å². The van der Waals surface area contributed by atoms with E-state index in [0.717, 1.165) is 11.8 Å². The standard InChI is InChI=1S/C30H29N7O8S/c31-46(41,42)20-6-4-19(5-7-20)44-26-11-1-17-2-12-27(39)36(29(17)35-26)14-13-32-18-3-8-21-23(15-18)45-30(40)37(21)24-10-9-22-28(33-24)34-25(38)16-43-22/h1-2,4-7,9-12,18,21,23,32H,3,8,13-16H2,(H2,31,41,42)(H,33,34,38)/t18-,21-,23-/m1/s1. The van der Waals surface area contributed by atoms with Gasteiger partial charge in [0, 0.05) is 43.1 Å². The van der Waals surface area contributed by atoms with Crippen molar-refractivity contribution < 1.29 is 32.2 Å². The zero-order valence-electron chi connectivity index (χ0n) is 24.3. The number of nitrogens with two attached hydrogens (primary N) is 1. The molecule has 1 saturated heterocycles. The van der Waals surface area contributed by atoms with Crippen molar-refractivity contribution >= 4 is 44.7 Å². The monoisotopic (exact) mass is 647 g/mol. The summed E-state index contributed by atoms with van der Waals surface area (Å²) in [6, 6.07) is 15.5. The molecule has 4 aromatic rings. The molecule has 46 heavy (non-hydrogen) atoms. The Morgan fingerprint density at radius 1 is 1.00 bits per heavy atom. The van der Waals surface area contributed by atoms with E-state index in [1.165, 1.54) is 35.2 Å². The Morgan fingerprint density at radius 3 is 2.61 bits per heavy atom. The summed E-state index contributed by atoms with van der Waals surface area (Å²) in [5.41, 5.74) is 0.218. The van der Waals surface area contributed by atoms with Gasteiger partial charge < -0.3 is 24.8 Å². The van der Waals surface area contributed by atoms with Crippen LogP contribution < -0.4 is 35.7 Å². The third-order valence-electron chi connectivity index (χ3n) is 8.19. The van der Waals surface area contributed by atoms with Crippen LogP contribution in [0.25, 0.3) is 11.0 Å². The Balaban J connectivity index is 0.998. The van der Waals surface area contributed by atoms with Gasteiger partial charge in [0.25, 0.3) is 11.5 Å². The number of rotatable bonds is 8. The first-order valence-electron chi connectivity index (χ1n) is 14.6. The lowest BCUT2D eigenvalue weighted by molar-refractivity contribution is -0.118. The van der Waals surface area contributed by atoms with Crippen molar-refractivity contribution in [3.8, 4) is 17.4 Å². The summed E-state index contributed by atoms with van der Waals surface area (Å²) in [5, 5.41) is 12.1. The van der Waals surface area contributed by atoms with Crippen LogP contribution in [0.2, 0.25) is 0 Å². The molecule has 3 aromatic heterocycles. The number of carbonyl (C=O) groups is 2. The van der Waals surface area contributed by atoms with Crippen molar-refractivity contribution in [3.05, 3.63) is 71.0 Å². The van der Waals surface area contributed by atoms with Crippen LogP contribution >= 0.6 is 0 Å². The molecule has 3 aliphatic rings. The number of amides is 2. The second kappa shape index (κ2) is 11.7. The molecular formula is C30H29N7O8S. The minimum absolute atomic E-state index is 0.0391. The highest BCUT2D eigenvalue weighted by atomic mass is 32.2. The van der Waals surface area contributed by atoms with E-state index in [1.807, 2.05) is 0 Å². The number of ether oxygens (including phenoxy) is 3. The molecule has 2 amide bonds. The fraction of sp³-hybridized carbons (Fsp3) is 0.300. The van der Waals surface area contributed by atoms with Gasteiger partial charge >= 0.3 is 6.09 Å². The molecule has 1 aromatic carbocycles. The lowest BCUT2D eigenvalue weighted by atomic mass is 9.88. The second-order valence-electron chi connectivity index (χ2n) is 11.2. The SMILES string of the molecule is NS(=O)(=O)c1ccc(Oc2ccc3ccc(=O)n(CCN[C@@H]4CC[C@@H]5[C@@H](C4)OC(=O)N5c4ccc5c(n4)NC(=O)CO5)c3n2)cc1. The van der Waals surface area contributed by atoms with Gasteiger partial charge in [-0.05, 0) is 61.4 Å². The van der Waals surface area contributed by atoms with Crippen molar-refractivity contribution in [1.82, 2.24) is 19.9 Å². The van der Waals surface area contributed by atoms with Gasteiger partial charge in [0.2, 0.25) is 15.9 Å². The minimum Gasteiger partial charge on any atom is -0.480 e. The molecule has 16 heteroatoms. The van der Waals surface area contributed by atoms with Crippen molar-refractivity contribution in [3.63, 3.8) is 0 Å². The van der Waals surface area contributed by atoms with Crippen LogP contribution in [0.1, 0.15) is 19.3 Å². The van der Waals surface area contributed by atoms with Gasteiger partial charge in [-0.2, -0.15) is 4.98 Å². The fourth-order valence-electron chi connectivity index (χ4n) is 6.01.